The Bertz CT molecular complexity index is 1270. The predicted molar refractivity (Wildman–Crippen MR) is 132 cm³/mol. The number of ether oxygens (including phenoxy) is 3. The van der Waals surface area contributed by atoms with Crippen molar-refractivity contribution in [1.82, 2.24) is 9.21 Å². The van der Waals surface area contributed by atoms with Gasteiger partial charge in [-0.05, 0) is 48.9 Å². The summed E-state index contributed by atoms with van der Waals surface area (Å²) in [5.74, 6) is -1.15. The van der Waals surface area contributed by atoms with Crippen molar-refractivity contribution >= 4 is 27.5 Å². The van der Waals surface area contributed by atoms with Gasteiger partial charge >= 0.3 is 0 Å². The first-order chi connectivity index (χ1) is 17.1. The molecule has 1 N–H and O–H groups in total. The molecule has 36 heavy (non-hydrogen) atoms. The molecule has 1 atom stereocenters. The fourth-order valence-electron chi connectivity index (χ4n) is 3.93. The average Bonchev–Trinajstić information content (AvgIpc) is 3.12. The third-order valence-corrected chi connectivity index (χ3v) is 7.62. The minimum atomic E-state index is -3.68. The highest BCUT2D eigenvalue weighted by atomic mass is 32.2. The van der Waals surface area contributed by atoms with Gasteiger partial charge in [-0.25, -0.2) is 12.7 Å². The lowest BCUT2D eigenvalue weighted by Crippen LogP contribution is -2.32. The number of hydrogen-bond donors (Lipinski definition) is 1. The van der Waals surface area contributed by atoms with Crippen molar-refractivity contribution in [1.29, 1.82) is 0 Å². The number of hydrogen-bond acceptors (Lipinski definition) is 8. The molecule has 2 aromatic carbocycles. The van der Waals surface area contributed by atoms with Crippen molar-refractivity contribution in [3.63, 3.8) is 0 Å². The van der Waals surface area contributed by atoms with Gasteiger partial charge in [0.1, 0.15) is 5.76 Å². The quantitative estimate of drug-likeness (QED) is 0.289. The Morgan fingerprint density at radius 1 is 1.06 bits per heavy atom. The molecular formula is C25H30N2O8S. The van der Waals surface area contributed by atoms with Gasteiger partial charge in [-0.2, -0.15) is 0 Å². The predicted octanol–water partition coefficient (Wildman–Crippen LogP) is 2.41. The van der Waals surface area contributed by atoms with Crippen LogP contribution in [0.3, 0.4) is 0 Å². The Balaban J connectivity index is 2.16. The van der Waals surface area contributed by atoms with Crippen LogP contribution in [0.4, 0.5) is 0 Å². The van der Waals surface area contributed by atoms with E-state index in [-0.39, 0.29) is 29.2 Å². The van der Waals surface area contributed by atoms with Gasteiger partial charge in [0.25, 0.3) is 11.7 Å². The summed E-state index contributed by atoms with van der Waals surface area (Å²) in [5, 5.41) is 11.2. The zero-order valence-electron chi connectivity index (χ0n) is 20.8. The fraction of sp³-hybridized carbons (Fsp3) is 0.360. The third-order valence-electron chi connectivity index (χ3n) is 5.79. The summed E-state index contributed by atoms with van der Waals surface area (Å²) in [4.78, 5) is 27.4. The van der Waals surface area contributed by atoms with Crippen LogP contribution in [0, 0.1) is 0 Å². The number of likely N-dealkylation sites (tertiary alicyclic amines) is 1. The van der Waals surface area contributed by atoms with Crippen molar-refractivity contribution in [2.24, 2.45) is 0 Å². The van der Waals surface area contributed by atoms with Crippen LogP contribution >= 0.6 is 0 Å². The van der Waals surface area contributed by atoms with E-state index in [2.05, 4.69) is 0 Å². The zero-order chi connectivity index (χ0) is 26.6. The lowest BCUT2D eigenvalue weighted by atomic mass is 9.95. The molecule has 1 amide bonds. The number of amides is 1. The van der Waals surface area contributed by atoms with Gasteiger partial charge in [-0.3, -0.25) is 9.59 Å². The summed E-state index contributed by atoms with van der Waals surface area (Å²) in [6.45, 7) is 2.54. The van der Waals surface area contributed by atoms with Crippen LogP contribution < -0.4 is 9.47 Å². The van der Waals surface area contributed by atoms with E-state index >= 15 is 0 Å². The van der Waals surface area contributed by atoms with Crippen molar-refractivity contribution in [2.45, 2.75) is 17.9 Å². The summed E-state index contributed by atoms with van der Waals surface area (Å²) in [6, 6.07) is 9.56. The molecule has 0 saturated carbocycles. The molecule has 1 unspecified atom stereocenters. The highest BCUT2D eigenvalue weighted by Gasteiger charge is 2.46. The van der Waals surface area contributed by atoms with Gasteiger partial charge < -0.3 is 24.2 Å². The number of ketones is 1. The second-order valence-electron chi connectivity index (χ2n) is 8.14. The van der Waals surface area contributed by atoms with E-state index < -0.39 is 33.5 Å². The molecule has 0 aliphatic carbocycles. The van der Waals surface area contributed by atoms with Crippen LogP contribution in [-0.2, 0) is 24.3 Å². The largest absolute Gasteiger partial charge is 0.507 e. The van der Waals surface area contributed by atoms with Crippen LogP contribution in [0.5, 0.6) is 11.5 Å². The lowest BCUT2D eigenvalue weighted by molar-refractivity contribution is -0.140. The lowest BCUT2D eigenvalue weighted by Gasteiger charge is -2.25. The first-order valence-electron chi connectivity index (χ1n) is 11.2. The molecule has 1 heterocycles. The second-order valence-corrected chi connectivity index (χ2v) is 10.3. The first kappa shape index (κ1) is 27.2. The number of rotatable bonds is 10. The normalized spacial score (nSPS) is 17.6. The Labute approximate surface area is 210 Å². The van der Waals surface area contributed by atoms with E-state index in [0.29, 0.717) is 23.7 Å². The molecule has 0 bridgehead atoms. The molecule has 10 nitrogen and oxygen atoms in total. The maximum Gasteiger partial charge on any atom is 0.295 e. The molecule has 0 radical (unpaired) electrons. The maximum absolute atomic E-state index is 13.1. The first-order valence-corrected chi connectivity index (χ1v) is 12.6. The summed E-state index contributed by atoms with van der Waals surface area (Å²) in [7, 11) is 2.10. The van der Waals surface area contributed by atoms with Crippen LogP contribution in [0.1, 0.15) is 24.1 Å². The number of carbonyl (C=O) groups is 2. The topological polar surface area (TPSA) is 123 Å². The molecular weight excluding hydrogens is 488 g/mol. The van der Waals surface area contributed by atoms with Gasteiger partial charge in [0.15, 0.2) is 11.5 Å². The number of benzene rings is 2. The van der Waals surface area contributed by atoms with Crippen molar-refractivity contribution in [3.05, 3.63) is 59.2 Å². The molecule has 11 heteroatoms. The molecule has 1 saturated heterocycles. The summed E-state index contributed by atoms with van der Waals surface area (Å²) in [6.07, 6.45) is 0. The van der Waals surface area contributed by atoms with Gasteiger partial charge in [-0.15, -0.1) is 0 Å². The van der Waals surface area contributed by atoms with E-state index in [1.165, 1.54) is 57.5 Å². The summed E-state index contributed by atoms with van der Waals surface area (Å²) < 4.78 is 42.0. The molecule has 2 aromatic rings. The Morgan fingerprint density at radius 2 is 1.72 bits per heavy atom. The highest BCUT2D eigenvalue weighted by Crippen LogP contribution is 2.42. The molecule has 1 fully saturated rings. The molecule has 0 spiro atoms. The Hall–Kier alpha value is -3.41. The van der Waals surface area contributed by atoms with Crippen LogP contribution in [0.25, 0.3) is 5.76 Å². The number of sulfonamides is 1. The Morgan fingerprint density at radius 3 is 2.28 bits per heavy atom. The maximum atomic E-state index is 13.1. The smallest absolute Gasteiger partial charge is 0.295 e. The van der Waals surface area contributed by atoms with Crippen LogP contribution in [0.2, 0.25) is 0 Å². The molecule has 194 valence electrons. The zero-order valence-corrected chi connectivity index (χ0v) is 21.7. The molecule has 1 aliphatic rings. The van der Waals surface area contributed by atoms with E-state index in [1.54, 1.807) is 18.2 Å². The van der Waals surface area contributed by atoms with Gasteiger partial charge in [0.05, 0.1) is 36.8 Å². The fourth-order valence-corrected chi connectivity index (χ4v) is 4.83. The number of nitrogens with zero attached hydrogens (tertiary/aromatic N) is 2. The Kier molecular flexibility index (Phi) is 8.39. The SMILES string of the molecule is CCOc1ccc(C2/C(=C(/O)c3ccc(S(=O)(=O)N(C)C)cc3)C(=O)C(=O)N2CCOC)cc1OC. The minimum Gasteiger partial charge on any atom is -0.507 e. The van der Waals surface area contributed by atoms with Crippen molar-refractivity contribution in [3.8, 4) is 11.5 Å². The van der Waals surface area contributed by atoms with Gasteiger partial charge in [-0.1, -0.05) is 6.07 Å². The van der Waals surface area contributed by atoms with Crippen LogP contribution in [0.15, 0.2) is 52.9 Å². The van der Waals surface area contributed by atoms with E-state index in [1.807, 2.05) is 6.92 Å². The number of aliphatic hydroxyl groups is 1. The number of Topliss-reactive ketones (excluding diaryl/α,β-unsaturated/α-hetero) is 1. The number of methoxy groups -OCH3 is 2. The number of aliphatic hydroxyl groups excluding tert-OH is 1. The molecule has 1 aliphatic heterocycles. The van der Waals surface area contributed by atoms with Crippen molar-refractivity contribution < 1.29 is 37.3 Å². The van der Waals surface area contributed by atoms with E-state index in [0.717, 1.165) is 4.31 Å². The highest BCUT2D eigenvalue weighted by molar-refractivity contribution is 7.89. The summed E-state index contributed by atoms with van der Waals surface area (Å²) >= 11 is 0. The van der Waals surface area contributed by atoms with E-state index in [4.69, 9.17) is 14.2 Å². The average molecular weight is 519 g/mol. The second kappa shape index (κ2) is 11.1. The van der Waals surface area contributed by atoms with Gasteiger partial charge in [0, 0.05) is 33.3 Å². The monoisotopic (exact) mass is 518 g/mol. The molecule has 3 rings (SSSR count). The van der Waals surface area contributed by atoms with Crippen molar-refractivity contribution in [2.75, 3.05) is 48.1 Å². The summed E-state index contributed by atoms with van der Waals surface area (Å²) in [5.41, 5.74) is 0.602. The third kappa shape index (κ3) is 5.08. The van der Waals surface area contributed by atoms with Crippen LogP contribution in [-0.4, -0.2) is 82.5 Å². The number of carbonyl (C=O) groups excluding carboxylic acids is 2. The van der Waals surface area contributed by atoms with E-state index in [9.17, 15) is 23.1 Å². The van der Waals surface area contributed by atoms with Gasteiger partial charge in [0.2, 0.25) is 10.0 Å². The molecule has 0 aromatic heterocycles. The standard InChI is InChI=1S/C25H30N2O8S/c1-6-35-19-12-9-17(15-20(19)34-5)22-21(24(29)25(30)27(22)13-14-33-4)23(28)16-7-10-18(11-8-16)36(31,32)26(2)3/h7-12,15,22,28H,6,13-14H2,1-5H3/b23-21-. The minimum absolute atomic E-state index is 0.0254.